The van der Waals surface area contributed by atoms with Gasteiger partial charge in [0.15, 0.2) is 0 Å². The van der Waals surface area contributed by atoms with Crippen LogP contribution in [-0.4, -0.2) is 22.6 Å². The molecule has 1 unspecified atom stereocenters. The van der Waals surface area contributed by atoms with Gasteiger partial charge in [-0.25, -0.2) is 0 Å². The van der Waals surface area contributed by atoms with Crippen LogP contribution in [0.5, 0.6) is 0 Å². The summed E-state index contributed by atoms with van der Waals surface area (Å²) in [5, 5.41) is 13.7. The van der Waals surface area contributed by atoms with Gasteiger partial charge in [0.05, 0.1) is 6.04 Å². The van der Waals surface area contributed by atoms with E-state index in [0.29, 0.717) is 18.2 Å². The molecule has 1 amide bonds. The van der Waals surface area contributed by atoms with E-state index in [0.717, 1.165) is 25.8 Å². The van der Waals surface area contributed by atoms with Gasteiger partial charge in [-0.05, 0) is 31.7 Å². The van der Waals surface area contributed by atoms with Crippen LogP contribution in [0.15, 0.2) is 4.42 Å². The summed E-state index contributed by atoms with van der Waals surface area (Å²) in [5.41, 5.74) is 0. The van der Waals surface area contributed by atoms with Crippen LogP contribution in [0.1, 0.15) is 51.5 Å². The highest BCUT2D eigenvalue weighted by molar-refractivity contribution is 5.88. The van der Waals surface area contributed by atoms with Gasteiger partial charge in [0.25, 0.3) is 0 Å². The van der Waals surface area contributed by atoms with Crippen LogP contribution >= 0.6 is 0 Å². The number of aromatic nitrogens is 2. The predicted molar refractivity (Wildman–Crippen MR) is 67.0 cm³/mol. The van der Waals surface area contributed by atoms with E-state index in [9.17, 15) is 4.79 Å². The molecule has 2 N–H and O–H groups in total. The third-order valence-electron chi connectivity index (χ3n) is 2.99. The van der Waals surface area contributed by atoms with E-state index in [1.165, 1.54) is 0 Å². The van der Waals surface area contributed by atoms with Crippen molar-refractivity contribution in [1.82, 2.24) is 15.5 Å². The summed E-state index contributed by atoms with van der Waals surface area (Å²) in [6, 6.07) is 0.339. The molecule has 1 atom stereocenters. The molecule has 1 fully saturated rings. The van der Waals surface area contributed by atoms with E-state index < -0.39 is 0 Å². The van der Waals surface area contributed by atoms with Gasteiger partial charge >= 0.3 is 6.01 Å². The highest BCUT2D eigenvalue weighted by Gasteiger charge is 2.22. The Kier molecular flexibility index (Phi) is 4.30. The van der Waals surface area contributed by atoms with Crippen molar-refractivity contribution < 1.29 is 9.21 Å². The van der Waals surface area contributed by atoms with E-state index in [4.69, 9.17) is 4.42 Å². The zero-order chi connectivity index (χ0) is 13.0. The second-order valence-electron chi connectivity index (χ2n) is 5.08. The van der Waals surface area contributed by atoms with Crippen molar-refractivity contribution in [2.24, 2.45) is 5.92 Å². The molecule has 1 saturated heterocycles. The minimum Gasteiger partial charge on any atom is -0.406 e. The second-order valence-corrected chi connectivity index (χ2v) is 5.08. The van der Waals surface area contributed by atoms with Crippen molar-refractivity contribution >= 4 is 11.9 Å². The summed E-state index contributed by atoms with van der Waals surface area (Å²) in [5.74, 6) is 1.00. The van der Waals surface area contributed by atoms with Gasteiger partial charge in [0.1, 0.15) is 0 Å². The third-order valence-corrected chi connectivity index (χ3v) is 2.99. The zero-order valence-corrected chi connectivity index (χ0v) is 10.9. The van der Waals surface area contributed by atoms with Crippen molar-refractivity contribution in [2.45, 2.75) is 45.6 Å². The van der Waals surface area contributed by atoms with Crippen molar-refractivity contribution in [3.8, 4) is 0 Å². The van der Waals surface area contributed by atoms with Crippen molar-refractivity contribution in [2.75, 3.05) is 11.9 Å². The van der Waals surface area contributed by atoms with Crippen LogP contribution < -0.4 is 10.6 Å². The molecule has 6 heteroatoms. The van der Waals surface area contributed by atoms with E-state index in [-0.39, 0.29) is 18.0 Å². The molecule has 0 saturated carbocycles. The lowest BCUT2D eigenvalue weighted by atomic mass is 10.1. The first-order chi connectivity index (χ1) is 8.65. The molecular formula is C12H20N4O2. The maximum Gasteiger partial charge on any atom is 0.322 e. The molecule has 6 nitrogen and oxygen atoms in total. The van der Waals surface area contributed by atoms with Crippen LogP contribution in [0.2, 0.25) is 0 Å². The van der Waals surface area contributed by atoms with E-state index in [2.05, 4.69) is 34.7 Å². The first kappa shape index (κ1) is 13.0. The van der Waals surface area contributed by atoms with Crippen LogP contribution in [0, 0.1) is 5.92 Å². The standard InChI is InChI=1S/C12H20N4O2/c1-8(2)5-6-10(17)14-12-16-15-11(18-12)9-4-3-7-13-9/h8-9,13H,3-7H2,1-2H3,(H,14,16,17). The quantitative estimate of drug-likeness (QED) is 0.836. The summed E-state index contributed by atoms with van der Waals surface area (Å²) in [7, 11) is 0. The lowest BCUT2D eigenvalue weighted by molar-refractivity contribution is -0.116. The van der Waals surface area contributed by atoms with Crippen LogP contribution in [0.4, 0.5) is 6.01 Å². The first-order valence-electron chi connectivity index (χ1n) is 6.52. The molecule has 0 spiro atoms. The monoisotopic (exact) mass is 252 g/mol. The number of nitrogens with one attached hydrogen (secondary N) is 2. The molecule has 100 valence electrons. The van der Waals surface area contributed by atoms with Gasteiger partial charge in [-0.1, -0.05) is 18.9 Å². The molecule has 2 rings (SSSR count). The first-order valence-corrected chi connectivity index (χ1v) is 6.52. The predicted octanol–water partition coefficient (Wildman–Crippen LogP) is 1.87. The Morgan fingerprint density at radius 2 is 2.39 bits per heavy atom. The Morgan fingerprint density at radius 1 is 1.56 bits per heavy atom. The number of amides is 1. The van der Waals surface area contributed by atoms with Gasteiger partial charge in [-0.2, -0.15) is 0 Å². The van der Waals surface area contributed by atoms with Crippen molar-refractivity contribution in [3.63, 3.8) is 0 Å². The number of nitrogens with zero attached hydrogens (tertiary/aromatic N) is 2. The van der Waals surface area contributed by atoms with Crippen molar-refractivity contribution in [3.05, 3.63) is 5.89 Å². The van der Waals surface area contributed by atoms with Gasteiger partial charge in [-0.3, -0.25) is 10.1 Å². The fourth-order valence-electron chi connectivity index (χ4n) is 1.92. The molecular weight excluding hydrogens is 232 g/mol. The highest BCUT2D eigenvalue weighted by atomic mass is 16.4. The highest BCUT2D eigenvalue weighted by Crippen LogP contribution is 2.22. The zero-order valence-electron chi connectivity index (χ0n) is 10.9. The fourth-order valence-corrected chi connectivity index (χ4v) is 1.92. The third kappa shape index (κ3) is 3.53. The Hall–Kier alpha value is -1.43. The molecule has 0 radical (unpaired) electrons. The average molecular weight is 252 g/mol. The smallest absolute Gasteiger partial charge is 0.322 e. The van der Waals surface area contributed by atoms with Crippen LogP contribution in [-0.2, 0) is 4.79 Å². The summed E-state index contributed by atoms with van der Waals surface area (Å²) >= 11 is 0. The number of hydrogen-bond donors (Lipinski definition) is 2. The lowest BCUT2D eigenvalue weighted by Crippen LogP contribution is -2.13. The van der Waals surface area contributed by atoms with Gasteiger partial charge in [0.2, 0.25) is 11.8 Å². The lowest BCUT2D eigenvalue weighted by Gasteiger charge is -2.04. The molecule has 0 aromatic carbocycles. The normalized spacial score (nSPS) is 19.4. The van der Waals surface area contributed by atoms with Crippen LogP contribution in [0.3, 0.4) is 0 Å². The second kappa shape index (κ2) is 5.95. The van der Waals surface area contributed by atoms with Crippen LogP contribution in [0.25, 0.3) is 0 Å². The molecule has 18 heavy (non-hydrogen) atoms. The fraction of sp³-hybridized carbons (Fsp3) is 0.750. The Morgan fingerprint density at radius 3 is 3.06 bits per heavy atom. The number of carbonyl (C=O) groups excluding carboxylic acids is 1. The summed E-state index contributed by atoms with van der Waals surface area (Å²) in [6.45, 7) is 5.15. The van der Waals surface area contributed by atoms with E-state index in [1.54, 1.807) is 0 Å². The number of hydrogen-bond acceptors (Lipinski definition) is 5. The average Bonchev–Trinajstić information content (AvgIpc) is 2.95. The Labute approximate surface area is 107 Å². The summed E-state index contributed by atoms with van der Waals surface area (Å²) < 4.78 is 5.43. The molecule has 1 aromatic heterocycles. The SMILES string of the molecule is CC(C)CCC(=O)Nc1nnc(C2CCCN2)o1. The van der Waals surface area contributed by atoms with Gasteiger partial charge < -0.3 is 9.73 Å². The number of carbonyl (C=O) groups is 1. The largest absolute Gasteiger partial charge is 0.406 e. The Balaban J connectivity index is 1.84. The maximum absolute atomic E-state index is 11.6. The van der Waals surface area contributed by atoms with E-state index in [1.807, 2.05) is 0 Å². The minimum absolute atomic E-state index is 0.0710. The molecule has 1 aliphatic heterocycles. The van der Waals surface area contributed by atoms with Gasteiger partial charge in [0, 0.05) is 6.42 Å². The minimum atomic E-state index is -0.0710. The van der Waals surface area contributed by atoms with Crippen molar-refractivity contribution in [1.29, 1.82) is 0 Å². The molecule has 1 aromatic rings. The molecule has 1 aliphatic rings. The number of anilines is 1. The van der Waals surface area contributed by atoms with Gasteiger partial charge in [-0.15, -0.1) is 5.10 Å². The topological polar surface area (TPSA) is 80.0 Å². The molecule has 0 bridgehead atoms. The summed E-state index contributed by atoms with van der Waals surface area (Å²) in [4.78, 5) is 11.6. The maximum atomic E-state index is 11.6. The van der Waals surface area contributed by atoms with E-state index >= 15 is 0 Å². The molecule has 0 aliphatic carbocycles. The Bertz CT molecular complexity index is 397. The number of rotatable bonds is 5. The summed E-state index contributed by atoms with van der Waals surface area (Å²) in [6.07, 6.45) is 3.46. The molecule has 2 heterocycles.